The van der Waals surface area contributed by atoms with Gasteiger partial charge in [0, 0.05) is 25.5 Å². The number of nitrogens with zero attached hydrogens (tertiary/aromatic N) is 3. The van der Waals surface area contributed by atoms with E-state index in [1.807, 2.05) is 0 Å². The highest BCUT2D eigenvalue weighted by atomic mass is 32.1. The number of thiazole rings is 1. The molecule has 2 aromatic heterocycles. The second-order valence-corrected chi connectivity index (χ2v) is 6.92. The summed E-state index contributed by atoms with van der Waals surface area (Å²) in [6.45, 7) is 2.28. The molecule has 2 N–H and O–H groups in total. The van der Waals surface area contributed by atoms with Gasteiger partial charge in [-0.2, -0.15) is 0 Å². The number of amides is 2. The lowest BCUT2D eigenvalue weighted by atomic mass is 10.1. The van der Waals surface area contributed by atoms with E-state index in [0.29, 0.717) is 27.0 Å². The van der Waals surface area contributed by atoms with E-state index >= 15 is 0 Å². The summed E-state index contributed by atoms with van der Waals surface area (Å²) in [6, 6.07) is 7.60. The maximum absolute atomic E-state index is 13.1. The number of carbonyl (C=O) groups excluding carboxylic acids is 2. The molecule has 0 unspecified atom stereocenters. The van der Waals surface area contributed by atoms with E-state index in [2.05, 4.69) is 25.6 Å². The highest BCUT2D eigenvalue weighted by Crippen LogP contribution is 2.24. The molecule has 0 aliphatic rings. The van der Waals surface area contributed by atoms with Crippen molar-refractivity contribution in [2.75, 3.05) is 13.1 Å². The Labute approximate surface area is 165 Å². The van der Waals surface area contributed by atoms with Gasteiger partial charge in [0.2, 0.25) is 5.91 Å². The molecule has 0 aliphatic heterocycles. The Hall–Kier alpha value is -3.20. The van der Waals surface area contributed by atoms with Crippen molar-refractivity contribution < 1.29 is 14.0 Å². The van der Waals surface area contributed by atoms with E-state index in [9.17, 15) is 14.0 Å². The number of rotatable bonds is 7. The second kappa shape index (κ2) is 9.14. The number of aromatic nitrogens is 3. The van der Waals surface area contributed by atoms with Crippen LogP contribution in [0, 0.1) is 12.7 Å². The molecule has 3 rings (SSSR count). The predicted molar refractivity (Wildman–Crippen MR) is 103 cm³/mol. The molecule has 0 fully saturated rings. The fourth-order valence-electron chi connectivity index (χ4n) is 2.47. The quantitative estimate of drug-likeness (QED) is 0.594. The number of halogens is 1. The van der Waals surface area contributed by atoms with Crippen LogP contribution in [0.15, 0.2) is 42.7 Å². The zero-order valence-corrected chi connectivity index (χ0v) is 15.9. The topological polar surface area (TPSA) is 96.9 Å². The van der Waals surface area contributed by atoms with Gasteiger partial charge in [0.1, 0.15) is 10.7 Å². The zero-order chi connectivity index (χ0) is 19.9. The first kappa shape index (κ1) is 19.6. The Morgan fingerprint density at radius 3 is 2.61 bits per heavy atom. The van der Waals surface area contributed by atoms with Crippen LogP contribution in [0.25, 0.3) is 10.8 Å². The summed E-state index contributed by atoms with van der Waals surface area (Å²) in [5.74, 6) is -0.411. The molecule has 0 saturated heterocycles. The number of aryl methyl sites for hydroxylation is 1. The maximum atomic E-state index is 13.1. The van der Waals surface area contributed by atoms with Gasteiger partial charge in [-0.3, -0.25) is 9.59 Å². The minimum atomic E-state index is -0.377. The Morgan fingerprint density at radius 1 is 1.11 bits per heavy atom. The van der Waals surface area contributed by atoms with Crippen LogP contribution < -0.4 is 10.6 Å². The molecular formula is C19H18FN5O2S. The standard InChI is InChI=1S/C19H18FN5O2S/c1-12-16(28-19(25-12)17-22-6-3-7-23-17)18(27)24-9-8-21-15(26)11-13-4-2-5-14(20)10-13/h2-7,10H,8-9,11H2,1H3,(H,21,26)(H,24,27). The summed E-state index contributed by atoms with van der Waals surface area (Å²) in [7, 11) is 0. The molecule has 3 aromatic rings. The maximum Gasteiger partial charge on any atom is 0.263 e. The Bertz CT molecular complexity index is 977. The fraction of sp³-hybridized carbons (Fsp3) is 0.211. The van der Waals surface area contributed by atoms with Crippen molar-refractivity contribution in [1.29, 1.82) is 0 Å². The van der Waals surface area contributed by atoms with Gasteiger partial charge in [0.05, 0.1) is 12.1 Å². The van der Waals surface area contributed by atoms with Crippen molar-refractivity contribution >= 4 is 23.2 Å². The third kappa shape index (κ3) is 5.17. The van der Waals surface area contributed by atoms with Crippen molar-refractivity contribution in [1.82, 2.24) is 25.6 Å². The largest absolute Gasteiger partial charge is 0.354 e. The smallest absolute Gasteiger partial charge is 0.263 e. The molecule has 1 aromatic carbocycles. The van der Waals surface area contributed by atoms with Crippen LogP contribution in [0.3, 0.4) is 0 Å². The van der Waals surface area contributed by atoms with Gasteiger partial charge in [-0.25, -0.2) is 19.3 Å². The van der Waals surface area contributed by atoms with Crippen LogP contribution >= 0.6 is 11.3 Å². The van der Waals surface area contributed by atoms with Gasteiger partial charge >= 0.3 is 0 Å². The number of nitrogens with one attached hydrogen (secondary N) is 2. The molecule has 2 amide bonds. The van der Waals surface area contributed by atoms with Gasteiger partial charge in [-0.1, -0.05) is 12.1 Å². The highest BCUT2D eigenvalue weighted by Gasteiger charge is 2.17. The van der Waals surface area contributed by atoms with Gasteiger partial charge in [-0.05, 0) is 30.7 Å². The summed E-state index contributed by atoms with van der Waals surface area (Å²) >= 11 is 1.22. The minimum absolute atomic E-state index is 0.0834. The van der Waals surface area contributed by atoms with Gasteiger partial charge in [0.25, 0.3) is 5.91 Å². The van der Waals surface area contributed by atoms with E-state index in [1.54, 1.807) is 37.5 Å². The molecule has 0 saturated carbocycles. The normalized spacial score (nSPS) is 10.5. The first-order chi connectivity index (χ1) is 13.5. The summed E-state index contributed by atoms with van der Waals surface area (Å²) in [5.41, 5.74) is 1.19. The van der Waals surface area contributed by atoms with Crippen LogP contribution in [0.4, 0.5) is 4.39 Å². The van der Waals surface area contributed by atoms with Crippen molar-refractivity contribution in [3.8, 4) is 10.8 Å². The molecule has 2 heterocycles. The minimum Gasteiger partial charge on any atom is -0.354 e. The molecule has 0 atom stereocenters. The van der Waals surface area contributed by atoms with E-state index in [-0.39, 0.29) is 37.1 Å². The van der Waals surface area contributed by atoms with Crippen molar-refractivity contribution in [3.63, 3.8) is 0 Å². The molecule has 28 heavy (non-hydrogen) atoms. The van der Waals surface area contributed by atoms with E-state index < -0.39 is 0 Å². The molecule has 0 radical (unpaired) electrons. The lowest BCUT2D eigenvalue weighted by molar-refractivity contribution is -0.120. The molecule has 144 valence electrons. The van der Waals surface area contributed by atoms with Crippen LogP contribution in [-0.2, 0) is 11.2 Å². The predicted octanol–water partition coefficient (Wildman–Crippen LogP) is 2.14. The van der Waals surface area contributed by atoms with Gasteiger partial charge in [0.15, 0.2) is 10.8 Å². The average Bonchev–Trinajstić information content (AvgIpc) is 3.08. The summed E-state index contributed by atoms with van der Waals surface area (Å²) in [6.07, 6.45) is 3.32. The SMILES string of the molecule is Cc1nc(-c2ncccn2)sc1C(=O)NCCNC(=O)Cc1cccc(F)c1. The van der Waals surface area contributed by atoms with Gasteiger partial charge < -0.3 is 10.6 Å². The summed E-state index contributed by atoms with van der Waals surface area (Å²) < 4.78 is 13.1. The van der Waals surface area contributed by atoms with Crippen LogP contribution in [0.1, 0.15) is 20.9 Å². The molecular weight excluding hydrogens is 381 g/mol. The molecule has 7 nitrogen and oxygen atoms in total. The molecule has 0 spiro atoms. The molecule has 9 heteroatoms. The second-order valence-electron chi connectivity index (χ2n) is 5.92. The van der Waals surface area contributed by atoms with Crippen molar-refractivity contribution in [3.05, 3.63) is 64.7 Å². The number of hydrogen-bond acceptors (Lipinski definition) is 6. The summed E-state index contributed by atoms with van der Waals surface area (Å²) in [5, 5.41) is 6.02. The molecule has 0 aliphatic carbocycles. The van der Waals surface area contributed by atoms with E-state index in [1.165, 1.54) is 23.5 Å². The van der Waals surface area contributed by atoms with Crippen LogP contribution in [-0.4, -0.2) is 39.9 Å². The third-order valence-electron chi connectivity index (χ3n) is 3.75. The monoisotopic (exact) mass is 399 g/mol. The van der Waals surface area contributed by atoms with E-state index in [4.69, 9.17) is 0 Å². The third-order valence-corrected chi connectivity index (χ3v) is 4.90. The molecule has 0 bridgehead atoms. The number of carbonyl (C=O) groups is 2. The number of benzene rings is 1. The first-order valence-corrected chi connectivity index (χ1v) is 9.39. The van der Waals surface area contributed by atoms with Crippen molar-refractivity contribution in [2.24, 2.45) is 0 Å². The van der Waals surface area contributed by atoms with Crippen LogP contribution in [0.5, 0.6) is 0 Å². The Balaban J connectivity index is 1.47. The first-order valence-electron chi connectivity index (χ1n) is 8.57. The lowest BCUT2D eigenvalue weighted by Gasteiger charge is -2.07. The highest BCUT2D eigenvalue weighted by molar-refractivity contribution is 7.17. The number of hydrogen-bond donors (Lipinski definition) is 2. The Kier molecular flexibility index (Phi) is 6.38. The van der Waals surface area contributed by atoms with Gasteiger partial charge in [-0.15, -0.1) is 11.3 Å². The average molecular weight is 399 g/mol. The Morgan fingerprint density at radius 2 is 1.86 bits per heavy atom. The summed E-state index contributed by atoms with van der Waals surface area (Å²) in [4.78, 5) is 37.3. The zero-order valence-electron chi connectivity index (χ0n) is 15.1. The van der Waals surface area contributed by atoms with E-state index in [0.717, 1.165) is 0 Å². The van der Waals surface area contributed by atoms with Crippen molar-refractivity contribution in [2.45, 2.75) is 13.3 Å². The lowest BCUT2D eigenvalue weighted by Crippen LogP contribution is -2.35. The fourth-order valence-corrected chi connectivity index (χ4v) is 3.40. The van der Waals surface area contributed by atoms with Crippen LogP contribution in [0.2, 0.25) is 0 Å².